The lowest BCUT2D eigenvalue weighted by Crippen LogP contribution is -2.47. The second-order valence-electron chi connectivity index (χ2n) is 5.40. The Hall–Kier alpha value is -0.860. The number of rotatable bonds is 7. The van der Waals surface area contributed by atoms with E-state index in [0.29, 0.717) is 0 Å². The van der Waals surface area contributed by atoms with E-state index < -0.39 is 0 Å². The van der Waals surface area contributed by atoms with Crippen molar-refractivity contribution in [2.24, 2.45) is 0 Å². The maximum Gasteiger partial charge on any atom is 0.0252 e. The van der Waals surface area contributed by atoms with Crippen molar-refractivity contribution >= 4 is 0 Å². The summed E-state index contributed by atoms with van der Waals surface area (Å²) in [6.07, 6.45) is 1.19. The molecule has 0 aliphatic carbocycles. The SMILES string of the molecule is CCCNCC(C)(C)NCc1ccc(C)cc1.[HH]. The average molecular weight is 236 g/mol. The standard InChI is InChI=1S/C15H26N2.H2/c1-5-10-16-12-15(3,4)17-11-14-8-6-13(2)7-9-14;/h6-9,16-17H,5,10-12H2,1-4H3;1H. The largest absolute Gasteiger partial charge is 0.315 e. The van der Waals surface area contributed by atoms with Gasteiger partial charge in [-0.15, -0.1) is 0 Å². The van der Waals surface area contributed by atoms with Gasteiger partial charge >= 0.3 is 0 Å². The van der Waals surface area contributed by atoms with E-state index in [1.807, 2.05) is 0 Å². The Morgan fingerprint density at radius 1 is 1.18 bits per heavy atom. The molecule has 2 nitrogen and oxygen atoms in total. The van der Waals surface area contributed by atoms with Crippen LogP contribution in [0.3, 0.4) is 0 Å². The van der Waals surface area contributed by atoms with Crippen molar-refractivity contribution in [2.45, 2.75) is 46.2 Å². The lowest BCUT2D eigenvalue weighted by Gasteiger charge is -2.27. The van der Waals surface area contributed by atoms with Crippen LogP contribution in [0.15, 0.2) is 24.3 Å². The zero-order valence-electron chi connectivity index (χ0n) is 11.6. The molecular weight excluding hydrogens is 208 g/mol. The number of hydrogen-bond acceptors (Lipinski definition) is 2. The van der Waals surface area contributed by atoms with Gasteiger partial charge in [0.1, 0.15) is 0 Å². The molecule has 0 heterocycles. The second kappa shape index (κ2) is 6.77. The van der Waals surface area contributed by atoms with Crippen molar-refractivity contribution in [1.29, 1.82) is 0 Å². The van der Waals surface area contributed by atoms with Gasteiger partial charge in [-0.1, -0.05) is 36.8 Å². The summed E-state index contributed by atoms with van der Waals surface area (Å²) in [5.41, 5.74) is 2.80. The summed E-state index contributed by atoms with van der Waals surface area (Å²) in [6, 6.07) is 8.72. The lowest BCUT2D eigenvalue weighted by atomic mass is 10.0. The van der Waals surface area contributed by atoms with Crippen LogP contribution in [-0.4, -0.2) is 18.6 Å². The summed E-state index contributed by atoms with van der Waals surface area (Å²) < 4.78 is 0. The van der Waals surface area contributed by atoms with Gasteiger partial charge in [-0.3, -0.25) is 0 Å². The third-order valence-electron chi connectivity index (χ3n) is 2.89. The Kier molecular flexibility index (Phi) is 5.66. The highest BCUT2D eigenvalue weighted by molar-refractivity contribution is 5.21. The van der Waals surface area contributed by atoms with E-state index >= 15 is 0 Å². The first-order valence-electron chi connectivity index (χ1n) is 6.55. The molecule has 0 amide bonds. The van der Waals surface area contributed by atoms with Crippen molar-refractivity contribution in [1.82, 2.24) is 10.6 Å². The average Bonchev–Trinajstić information content (AvgIpc) is 2.29. The molecule has 0 unspecified atom stereocenters. The van der Waals surface area contributed by atoms with Crippen molar-refractivity contribution < 1.29 is 1.43 Å². The molecule has 98 valence electrons. The van der Waals surface area contributed by atoms with Crippen LogP contribution in [0, 0.1) is 6.92 Å². The third-order valence-corrected chi connectivity index (χ3v) is 2.89. The molecule has 0 aliphatic rings. The molecule has 0 saturated heterocycles. The molecular formula is C15H28N2. The van der Waals surface area contributed by atoms with Crippen LogP contribution in [0.4, 0.5) is 0 Å². The zero-order chi connectivity index (χ0) is 12.7. The molecule has 0 aromatic heterocycles. The molecule has 0 saturated carbocycles. The summed E-state index contributed by atoms with van der Waals surface area (Å²) >= 11 is 0. The van der Waals surface area contributed by atoms with Crippen molar-refractivity contribution in [2.75, 3.05) is 13.1 Å². The predicted octanol–water partition coefficient (Wildman–Crippen LogP) is 3.11. The molecule has 0 spiro atoms. The van der Waals surface area contributed by atoms with E-state index in [1.165, 1.54) is 17.5 Å². The fourth-order valence-corrected chi connectivity index (χ4v) is 1.69. The van der Waals surface area contributed by atoms with Gasteiger partial charge in [0.25, 0.3) is 0 Å². The Balaban J connectivity index is 0.00000289. The van der Waals surface area contributed by atoms with E-state index in [0.717, 1.165) is 19.6 Å². The Morgan fingerprint density at radius 2 is 1.82 bits per heavy atom. The molecule has 1 aromatic rings. The monoisotopic (exact) mass is 236 g/mol. The van der Waals surface area contributed by atoms with Crippen LogP contribution in [0.5, 0.6) is 0 Å². The van der Waals surface area contributed by atoms with E-state index in [4.69, 9.17) is 0 Å². The smallest absolute Gasteiger partial charge is 0.0252 e. The van der Waals surface area contributed by atoms with E-state index in [2.05, 4.69) is 62.6 Å². The molecule has 2 N–H and O–H groups in total. The fourth-order valence-electron chi connectivity index (χ4n) is 1.69. The summed E-state index contributed by atoms with van der Waals surface area (Å²) in [6.45, 7) is 11.8. The zero-order valence-corrected chi connectivity index (χ0v) is 11.6. The normalized spacial score (nSPS) is 11.8. The van der Waals surface area contributed by atoms with E-state index in [-0.39, 0.29) is 6.97 Å². The highest BCUT2D eigenvalue weighted by atomic mass is 15.0. The first-order valence-corrected chi connectivity index (χ1v) is 6.55. The van der Waals surface area contributed by atoms with Crippen LogP contribution in [0.2, 0.25) is 0 Å². The lowest BCUT2D eigenvalue weighted by molar-refractivity contribution is 0.363. The summed E-state index contributed by atoms with van der Waals surface area (Å²) in [5, 5.41) is 7.05. The fraction of sp³-hybridized carbons (Fsp3) is 0.600. The van der Waals surface area contributed by atoms with Gasteiger partial charge in [0, 0.05) is 20.1 Å². The predicted molar refractivity (Wildman–Crippen MR) is 77.4 cm³/mol. The van der Waals surface area contributed by atoms with Gasteiger partial charge in [-0.25, -0.2) is 0 Å². The highest BCUT2D eigenvalue weighted by Gasteiger charge is 2.15. The van der Waals surface area contributed by atoms with Crippen LogP contribution in [-0.2, 0) is 6.54 Å². The first kappa shape index (κ1) is 14.2. The molecule has 2 heteroatoms. The number of nitrogens with one attached hydrogen (secondary N) is 2. The summed E-state index contributed by atoms with van der Waals surface area (Å²) in [5.74, 6) is 0. The molecule has 0 bridgehead atoms. The van der Waals surface area contributed by atoms with Gasteiger partial charge in [-0.05, 0) is 39.3 Å². The second-order valence-corrected chi connectivity index (χ2v) is 5.40. The summed E-state index contributed by atoms with van der Waals surface area (Å²) in [4.78, 5) is 0. The molecule has 1 aromatic carbocycles. The number of hydrogen-bond donors (Lipinski definition) is 2. The number of benzene rings is 1. The molecule has 1 rings (SSSR count). The topological polar surface area (TPSA) is 24.1 Å². The molecule has 17 heavy (non-hydrogen) atoms. The van der Waals surface area contributed by atoms with Gasteiger partial charge < -0.3 is 10.6 Å². The molecule has 0 atom stereocenters. The summed E-state index contributed by atoms with van der Waals surface area (Å²) in [7, 11) is 0. The van der Waals surface area contributed by atoms with Gasteiger partial charge in [0.05, 0.1) is 0 Å². The Labute approximate surface area is 107 Å². The first-order chi connectivity index (χ1) is 8.03. The van der Waals surface area contributed by atoms with Gasteiger partial charge in [0.15, 0.2) is 0 Å². The highest BCUT2D eigenvalue weighted by Crippen LogP contribution is 2.06. The molecule has 0 aliphatic heterocycles. The van der Waals surface area contributed by atoms with Gasteiger partial charge in [0.2, 0.25) is 0 Å². The molecule has 0 radical (unpaired) electrons. The molecule has 0 fully saturated rings. The Bertz CT molecular complexity index is 320. The minimum absolute atomic E-state index is 0. The van der Waals surface area contributed by atoms with E-state index in [1.54, 1.807) is 0 Å². The van der Waals surface area contributed by atoms with Crippen molar-refractivity contribution in [3.05, 3.63) is 35.4 Å². The third kappa shape index (κ3) is 5.85. The van der Waals surface area contributed by atoms with E-state index in [9.17, 15) is 0 Å². The van der Waals surface area contributed by atoms with Crippen molar-refractivity contribution in [3.63, 3.8) is 0 Å². The quantitative estimate of drug-likeness (QED) is 0.711. The van der Waals surface area contributed by atoms with Crippen LogP contribution in [0.25, 0.3) is 0 Å². The number of aryl methyl sites for hydroxylation is 1. The van der Waals surface area contributed by atoms with Crippen molar-refractivity contribution in [3.8, 4) is 0 Å². The van der Waals surface area contributed by atoms with Gasteiger partial charge in [-0.2, -0.15) is 0 Å². The van der Waals surface area contributed by atoms with Crippen LogP contribution < -0.4 is 10.6 Å². The maximum absolute atomic E-state index is 3.59. The Morgan fingerprint density at radius 3 is 2.41 bits per heavy atom. The minimum atomic E-state index is 0. The maximum atomic E-state index is 3.59. The van der Waals surface area contributed by atoms with Crippen LogP contribution in [0.1, 0.15) is 39.7 Å². The minimum Gasteiger partial charge on any atom is -0.315 e. The van der Waals surface area contributed by atoms with Crippen LogP contribution >= 0.6 is 0 Å².